The van der Waals surface area contributed by atoms with E-state index in [1.54, 1.807) is 4.57 Å². The second-order valence-corrected chi connectivity index (χ2v) is 8.51. The number of nitrogens with zero attached hydrogens (tertiary/aromatic N) is 3. The molecule has 1 aromatic heterocycles. The first-order chi connectivity index (χ1) is 14.1. The monoisotopic (exact) mass is 399 g/mol. The van der Waals surface area contributed by atoms with Gasteiger partial charge in [0.1, 0.15) is 0 Å². The second-order valence-electron chi connectivity index (χ2n) is 8.51. The fraction of sp³-hybridized carbons (Fsp3) is 0.636. The molecule has 2 saturated heterocycles. The summed E-state index contributed by atoms with van der Waals surface area (Å²) in [5, 5.41) is 3.42. The molecule has 2 aliphatic rings. The van der Waals surface area contributed by atoms with Crippen molar-refractivity contribution in [1.29, 1.82) is 0 Å². The van der Waals surface area contributed by atoms with Crippen LogP contribution in [-0.2, 0) is 11.8 Å². The minimum Gasteiger partial charge on any atom is -0.343 e. The predicted octanol–water partition coefficient (Wildman–Crippen LogP) is 1.71. The van der Waals surface area contributed by atoms with E-state index in [4.69, 9.17) is 5.73 Å². The highest BCUT2D eigenvalue weighted by Gasteiger charge is 2.25. The number of likely N-dealkylation sites (tertiary alicyclic amines) is 1. The van der Waals surface area contributed by atoms with Gasteiger partial charge in [0, 0.05) is 33.1 Å². The van der Waals surface area contributed by atoms with Gasteiger partial charge in [-0.3, -0.25) is 13.9 Å². The van der Waals surface area contributed by atoms with Crippen LogP contribution >= 0.6 is 0 Å². The Morgan fingerprint density at radius 1 is 1.21 bits per heavy atom. The molecule has 2 fully saturated rings. The van der Waals surface area contributed by atoms with Gasteiger partial charge in [-0.25, -0.2) is 4.79 Å². The van der Waals surface area contributed by atoms with Crippen LogP contribution in [0, 0.1) is 0 Å². The number of hydrogen-bond donors (Lipinski definition) is 2. The van der Waals surface area contributed by atoms with Gasteiger partial charge in [-0.1, -0.05) is 6.07 Å². The molecule has 158 valence electrons. The average molecular weight is 400 g/mol. The molecule has 7 nitrogen and oxygen atoms in total. The van der Waals surface area contributed by atoms with Crippen molar-refractivity contribution >= 4 is 16.9 Å². The van der Waals surface area contributed by atoms with Crippen molar-refractivity contribution in [3.8, 4) is 0 Å². The highest BCUT2D eigenvalue weighted by Crippen LogP contribution is 2.31. The minimum atomic E-state index is 0.0752. The Balaban J connectivity index is 1.52. The number of aromatic nitrogens is 2. The number of piperidine rings is 2. The molecule has 2 aromatic rings. The molecule has 0 aliphatic carbocycles. The number of benzene rings is 1. The van der Waals surface area contributed by atoms with E-state index in [2.05, 4.69) is 23.5 Å². The van der Waals surface area contributed by atoms with E-state index in [1.165, 1.54) is 5.56 Å². The van der Waals surface area contributed by atoms with Crippen LogP contribution in [0.5, 0.6) is 0 Å². The molecule has 0 saturated carbocycles. The summed E-state index contributed by atoms with van der Waals surface area (Å²) in [5.41, 5.74) is 8.92. The van der Waals surface area contributed by atoms with Crippen molar-refractivity contribution in [2.45, 2.75) is 50.5 Å². The Labute approximate surface area is 171 Å². The summed E-state index contributed by atoms with van der Waals surface area (Å²) in [6.45, 7) is 4.07. The molecule has 3 N–H and O–H groups in total. The maximum absolute atomic E-state index is 12.9. The van der Waals surface area contributed by atoms with Crippen molar-refractivity contribution < 1.29 is 4.79 Å². The number of hydrogen-bond acceptors (Lipinski definition) is 4. The van der Waals surface area contributed by atoms with E-state index in [-0.39, 0.29) is 17.6 Å². The number of rotatable bonds is 5. The van der Waals surface area contributed by atoms with Crippen molar-refractivity contribution in [2.75, 3.05) is 32.7 Å². The van der Waals surface area contributed by atoms with E-state index in [9.17, 15) is 9.59 Å². The van der Waals surface area contributed by atoms with Crippen LogP contribution in [-0.4, -0.2) is 52.7 Å². The lowest BCUT2D eigenvalue weighted by atomic mass is 9.89. The molecule has 1 unspecified atom stereocenters. The van der Waals surface area contributed by atoms with Gasteiger partial charge in [0.05, 0.1) is 17.1 Å². The number of nitrogens with two attached hydrogens (primary N) is 1. The third-order valence-corrected chi connectivity index (χ3v) is 6.66. The fourth-order valence-electron chi connectivity index (χ4n) is 4.91. The quantitative estimate of drug-likeness (QED) is 0.802. The molecule has 0 spiro atoms. The van der Waals surface area contributed by atoms with Gasteiger partial charge in [0.2, 0.25) is 5.91 Å². The van der Waals surface area contributed by atoms with Crippen molar-refractivity contribution in [2.24, 2.45) is 12.8 Å². The van der Waals surface area contributed by atoms with Crippen molar-refractivity contribution in [1.82, 2.24) is 19.4 Å². The molecule has 1 atom stereocenters. The van der Waals surface area contributed by atoms with Crippen molar-refractivity contribution in [3.63, 3.8) is 0 Å². The van der Waals surface area contributed by atoms with Gasteiger partial charge in [0.15, 0.2) is 0 Å². The van der Waals surface area contributed by atoms with E-state index in [0.29, 0.717) is 18.9 Å². The van der Waals surface area contributed by atoms with Gasteiger partial charge < -0.3 is 16.0 Å². The molecule has 2 aliphatic heterocycles. The molecule has 29 heavy (non-hydrogen) atoms. The fourth-order valence-corrected chi connectivity index (χ4v) is 4.91. The molecule has 7 heteroatoms. The standard InChI is InChI=1S/C22H33N5O2/c1-25-20-14-17(16-8-12-26(13-9-16)21(28)5-2-10-23)6-7-19(20)27(22(25)29)18-4-3-11-24-15-18/h6-7,14,16,18,24H,2-5,8-13,15,23H2,1H3. The van der Waals surface area contributed by atoms with Gasteiger partial charge in [0.25, 0.3) is 0 Å². The van der Waals surface area contributed by atoms with Crippen LogP contribution in [0.3, 0.4) is 0 Å². The first-order valence-corrected chi connectivity index (χ1v) is 11.0. The van der Waals surface area contributed by atoms with Crippen molar-refractivity contribution in [3.05, 3.63) is 34.2 Å². The molecular weight excluding hydrogens is 366 g/mol. The zero-order valence-electron chi connectivity index (χ0n) is 17.4. The van der Waals surface area contributed by atoms with E-state index in [0.717, 1.165) is 69.3 Å². The number of amides is 1. The maximum Gasteiger partial charge on any atom is 0.329 e. The summed E-state index contributed by atoms with van der Waals surface area (Å²) >= 11 is 0. The summed E-state index contributed by atoms with van der Waals surface area (Å²) in [6.07, 6.45) is 5.41. The van der Waals surface area contributed by atoms with Gasteiger partial charge in [-0.05, 0) is 68.8 Å². The number of carbonyl (C=O) groups excluding carboxylic acids is 1. The predicted molar refractivity (Wildman–Crippen MR) is 115 cm³/mol. The topological polar surface area (TPSA) is 85.3 Å². The number of fused-ring (bicyclic) bond motifs is 1. The molecule has 1 amide bonds. The van der Waals surface area contributed by atoms with Crippen LogP contribution in [0.1, 0.15) is 56.0 Å². The molecule has 4 rings (SSSR count). The summed E-state index contributed by atoms with van der Waals surface area (Å²) < 4.78 is 3.77. The highest BCUT2D eigenvalue weighted by atomic mass is 16.2. The van der Waals surface area contributed by atoms with E-state index >= 15 is 0 Å². The van der Waals surface area contributed by atoms with Crippen LogP contribution < -0.4 is 16.7 Å². The lowest BCUT2D eigenvalue weighted by Crippen LogP contribution is -2.38. The Bertz CT molecular complexity index is 917. The third-order valence-electron chi connectivity index (χ3n) is 6.66. The maximum atomic E-state index is 12.9. The molecule has 1 aromatic carbocycles. The molecular formula is C22H33N5O2. The number of imidazole rings is 1. The van der Waals surface area contributed by atoms with E-state index < -0.39 is 0 Å². The Morgan fingerprint density at radius 3 is 2.69 bits per heavy atom. The first-order valence-electron chi connectivity index (χ1n) is 11.0. The third kappa shape index (κ3) is 3.98. The van der Waals surface area contributed by atoms with Gasteiger partial charge in [-0.2, -0.15) is 0 Å². The van der Waals surface area contributed by atoms with Crippen LogP contribution in [0.4, 0.5) is 0 Å². The zero-order valence-corrected chi connectivity index (χ0v) is 17.4. The van der Waals surface area contributed by atoms with Gasteiger partial charge in [-0.15, -0.1) is 0 Å². The Hall–Kier alpha value is -2.12. The zero-order chi connectivity index (χ0) is 20.4. The highest BCUT2D eigenvalue weighted by molar-refractivity contribution is 5.78. The second kappa shape index (κ2) is 8.71. The number of aryl methyl sites for hydroxylation is 1. The van der Waals surface area contributed by atoms with Crippen LogP contribution in [0.15, 0.2) is 23.0 Å². The van der Waals surface area contributed by atoms with Crippen LogP contribution in [0.2, 0.25) is 0 Å². The lowest BCUT2D eigenvalue weighted by Gasteiger charge is -2.32. The van der Waals surface area contributed by atoms with Crippen LogP contribution in [0.25, 0.3) is 11.0 Å². The number of nitrogens with one attached hydrogen (secondary N) is 1. The lowest BCUT2D eigenvalue weighted by molar-refractivity contribution is -0.132. The first kappa shape index (κ1) is 20.2. The molecule has 0 radical (unpaired) electrons. The van der Waals surface area contributed by atoms with Gasteiger partial charge >= 0.3 is 5.69 Å². The normalized spacial score (nSPS) is 21.0. The Kier molecular flexibility index (Phi) is 6.06. The smallest absolute Gasteiger partial charge is 0.329 e. The Morgan fingerprint density at radius 2 is 2.00 bits per heavy atom. The molecule has 0 bridgehead atoms. The summed E-state index contributed by atoms with van der Waals surface area (Å²) in [7, 11) is 1.87. The largest absolute Gasteiger partial charge is 0.343 e. The summed E-state index contributed by atoms with van der Waals surface area (Å²) in [4.78, 5) is 27.1. The summed E-state index contributed by atoms with van der Waals surface area (Å²) in [6, 6.07) is 6.73. The minimum absolute atomic E-state index is 0.0752. The number of carbonyl (C=O) groups is 1. The van der Waals surface area contributed by atoms with E-state index in [1.807, 2.05) is 16.5 Å². The summed E-state index contributed by atoms with van der Waals surface area (Å²) in [5.74, 6) is 0.665. The average Bonchev–Trinajstić information content (AvgIpc) is 3.02. The molecule has 3 heterocycles. The SMILES string of the molecule is Cn1c(=O)n(C2CCCNC2)c2ccc(C3CCN(C(=O)CCCN)CC3)cc21.